The molecule has 228 valence electrons. The Kier molecular flexibility index (Phi) is 7.67. The first-order chi connectivity index (χ1) is 23.7. The molecule has 0 amide bonds. The third kappa shape index (κ3) is 4.74. The van der Waals surface area contributed by atoms with Crippen LogP contribution in [0, 0.1) is 0 Å². The second-order valence-corrected chi connectivity index (χ2v) is 19.8. The van der Waals surface area contributed by atoms with Crippen LogP contribution < -0.4 is 22.5 Å². The first-order valence-electron chi connectivity index (χ1n) is 16.1. The Labute approximate surface area is 283 Å². The zero-order valence-electron chi connectivity index (χ0n) is 26.2. The van der Waals surface area contributed by atoms with Crippen molar-refractivity contribution < 1.29 is 9.59 Å². The fourth-order valence-corrected chi connectivity index (χ4v) is 18.0. The van der Waals surface area contributed by atoms with Gasteiger partial charge in [-0.25, -0.2) is 0 Å². The average Bonchev–Trinajstić information content (AvgIpc) is 3.17. The van der Waals surface area contributed by atoms with E-state index in [4.69, 9.17) is 0 Å². The summed E-state index contributed by atoms with van der Waals surface area (Å²) < 4.78 is 5.12. The molecule has 1 aliphatic heterocycles. The summed E-state index contributed by atoms with van der Waals surface area (Å²) in [5, 5.41) is 0. The third-order valence-electron chi connectivity index (χ3n) is 9.33. The van der Waals surface area contributed by atoms with E-state index in [2.05, 4.69) is 114 Å². The van der Waals surface area contributed by atoms with E-state index in [9.17, 15) is 9.59 Å². The molecule has 1 aliphatic rings. The van der Waals surface area contributed by atoms with Crippen molar-refractivity contribution >= 4 is 59.5 Å². The summed E-state index contributed by atoms with van der Waals surface area (Å²) in [6.45, 7) is 0. The molecule has 0 bridgehead atoms. The Balaban J connectivity index is 1.48. The number of hydrogen-bond acceptors (Lipinski definition) is 3. The summed E-state index contributed by atoms with van der Waals surface area (Å²) in [5.74, 6) is -0.263. The molecule has 8 rings (SSSR count). The summed E-state index contributed by atoms with van der Waals surface area (Å²) in [5.41, 5.74) is 4.67. The number of hydrogen-bond donors (Lipinski definition) is 0. The molecule has 0 saturated carbocycles. The second kappa shape index (κ2) is 12.4. The zero-order chi connectivity index (χ0) is 32.5. The maximum absolute atomic E-state index is 14.5. The molecule has 1 heterocycles. The third-order valence-corrected chi connectivity index (χ3v) is 19.5. The molecule has 0 unspecified atom stereocenters. The van der Waals surface area contributed by atoms with Crippen LogP contribution in [0.4, 0.5) is 17.1 Å². The van der Waals surface area contributed by atoms with E-state index in [0.717, 1.165) is 11.4 Å². The topological polar surface area (TPSA) is 37.4 Å². The number of para-hydroxylation sites is 3. The van der Waals surface area contributed by atoms with E-state index < -0.39 is 13.3 Å². The Bertz CT molecular complexity index is 2110. The molecule has 0 saturated heterocycles. The molecular formula is C44H31GeNO2. The number of carbonyl (C=O) groups is 2. The minimum absolute atomic E-state index is 0.132. The van der Waals surface area contributed by atoms with Gasteiger partial charge >= 0.3 is 284 Å². The van der Waals surface area contributed by atoms with Crippen molar-refractivity contribution in [3.8, 4) is 0 Å². The van der Waals surface area contributed by atoms with Gasteiger partial charge in [-0.15, -0.1) is 0 Å². The van der Waals surface area contributed by atoms with Crippen LogP contribution in [0.3, 0.4) is 0 Å². The normalized spacial score (nSPS) is 12.9. The first-order valence-corrected chi connectivity index (χ1v) is 20.3. The summed E-state index contributed by atoms with van der Waals surface area (Å²) in [6, 6.07) is 63.1. The van der Waals surface area contributed by atoms with Crippen LogP contribution in [0.1, 0.15) is 31.8 Å². The average molecular weight is 678 g/mol. The van der Waals surface area contributed by atoms with Gasteiger partial charge in [0.2, 0.25) is 0 Å². The van der Waals surface area contributed by atoms with Crippen LogP contribution in [0.5, 0.6) is 0 Å². The van der Waals surface area contributed by atoms with Crippen molar-refractivity contribution in [1.29, 1.82) is 0 Å². The van der Waals surface area contributed by atoms with Crippen molar-refractivity contribution in [2.45, 2.75) is 0 Å². The van der Waals surface area contributed by atoms with E-state index in [0.29, 0.717) is 27.9 Å². The predicted molar refractivity (Wildman–Crippen MR) is 198 cm³/mol. The number of anilines is 3. The minimum atomic E-state index is -3.65. The summed E-state index contributed by atoms with van der Waals surface area (Å²) >= 11 is -3.65. The van der Waals surface area contributed by atoms with Gasteiger partial charge in [0.05, 0.1) is 0 Å². The van der Waals surface area contributed by atoms with Crippen LogP contribution in [0.2, 0.25) is 0 Å². The van der Waals surface area contributed by atoms with Crippen molar-refractivity contribution in [3.05, 3.63) is 210 Å². The van der Waals surface area contributed by atoms with E-state index >= 15 is 0 Å². The SMILES string of the molecule is O=C(c1ccccc1)c1cccc(C(=O)c2ccccc2)c1N1c2cccc[c]2[Ge]([c]2ccccc2)([c]2ccccc2)[c]2ccccc21. The molecule has 4 heteroatoms. The van der Waals surface area contributed by atoms with Crippen LogP contribution in [-0.4, -0.2) is 24.8 Å². The molecular weight excluding hydrogens is 647 g/mol. The van der Waals surface area contributed by atoms with Gasteiger partial charge in [-0.1, -0.05) is 0 Å². The quantitative estimate of drug-likeness (QED) is 0.131. The maximum atomic E-state index is 14.5. The van der Waals surface area contributed by atoms with Crippen LogP contribution >= 0.6 is 0 Å². The van der Waals surface area contributed by atoms with Gasteiger partial charge in [0.15, 0.2) is 0 Å². The molecule has 0 N–H and O–H groups in total. The van der Waals surface area contributed by atoms with Crippen molar-refractivity contribution in [1.82, 2.24) is 0 Å². The number of fused-ring (bicyclic) bond motifs is 2. The Morgan fingerprint density at radius 3 is 1.15 bits per heavy atom. The molecule has 0 spiro atoms. The predicted octanol–water partition coefficient (Wildman–Crippen LogP) is 7.31. The van der Waals surface area contributed by atoms with Gasteiger partial charge in [-0.2, -0.15) is 0 Å². The van der Waals surface area contributed by atoms with Crippen molar-refractivity contribution in [2.24, 2.45) is 0 Å². The van der Waals surface area contributed by atoms with Gasteiger partial charge < -0.3 is 0 Å². The molecule has 7 aromatic carbocycles. The zero-order valence-corrected chi connectivity index (χ0v) is 28.3. The van der Waals surface area contributed by atoms with E-state index in [1.165, 1.54) is 17.6 Å². The Morgan fingerprint density at radius 1 is 0.375 bits per heavy atom. The van der Waals surface area contributed by atoms with Gasteiger partial charge in [0.25, 0.3) is 0 Å². The van der Waals surface area contributed by atoms with Crippen LogP contribution in [0.15, 0.2) is 188 Å². The Hall–Kier alpha value is -5.78. The number of benzene rings is 7. The van der Waals surface area contributed by atoms with E-state index in [-0.39, 0.29) is 11.6 Å². The summed E-state index contributed by atoms with van der Waals surface area (Å²) in [4.78, 5) is 31.2. The molecule has 48 heavy (non-hydrogen) atoms. The summed E-state index contributed by atoms with van der Waals surface area (Å²) in [6.07, 6.45) is 0. The number of carbonyl (C=O) groups excluding carboxylic acids is 2. The van der Waals surface area contributed by atoms with E-state index in [1.54, 1.807) is 0 Å². The first kappa shape index (κ1) is 29.6. The fraction of sp³-hybridized carbons (Fsp3) is 0. The molecule has 0 atom stereocenters. The fourth-order valence-electron chi connectivity index (χ4n) is 7.29. The van der Waals surface area contributed by atoms with Crippen molar-refractivity contribution in [2.75, 3.05) is 4.90 Å². The standard InChI is InChI=1S/C44H31GeNO2/c47-43(32-18-5-1-6-19-32)36-26-17-27-37(44(48)33-20-7-2-8-21-33)42(36)46-40-30-15-13-28-38(40)45(34-22-9-3-10-23-34,35-24-11-4-12-25-35)39-29-14-16-31-41(39)46/h1-31H. The molecule has 3 nitrogen and oxygen atoms in total. The number of nitrogens with zero attached hydrogens (tertiary/aromatic N) is 1. The molecule has 7 aromatic rings. The second-order valence-electron chi connectivity index (χ2n) is 11.9. The monoisotopic (exact) mass is 679 g/mol. The van der Waals surface area contributed by atoms with Gasteiger partial charge in [-0.3, -0.25) is 0 Å². The number of rotatable bonds is 7. The van der Waals surface area contributed by atoms with Crippen LogP contribution in [0.25, 0.3) is 0 Å². The molecule has 0 aromatic heterocycles. The molecule has 0 radical (unpaired) electrons. The van der Waals surface area contributed by atoms with Crippen molar-refractivity contribution in [3.63, 3.8) is 0 Å². The molecule has 0 aliphatic carbocycles. The van der Waals surface area contributed by atoms with Gasteiger partial charge in [0.1, 0.15) is 0 Å². The van der Waals surface area contributed by atoms with Crippen LogP contribution in [-0.2, 0) is 0 Å². The van der Waals surface area contributed by atoms with E-state index in [1.807, 2.05) is 78.9 Å². The Morgan fingerprint density at radius 2 is 0.729 bits per heavy atom. The van der Waals surface area contributed by atoms with Gasteiger partial charge in [-0.05, 0) is 0 Å². The summed E-state index contributed by atoms with van der Waals surface area (Å²) in [7, 11) is 0. The molecule has 0 fully saturated rings. The van der Waals surface area contributed by atoms with Gasteiger partial charge in [0, 0.05) is 0 Å². The number of ketones is 2.